The number of nitrogens with zero attached hydrogens (tertiary/aromatic N) is 1. The lowest BCUT2D eigenvalue weighted by Crippen LogP contribution is -2.45. The van der Waals surface area contributed by atoms with Crippen LogP contribution in [0.4, 0.5) is 0 Å². The summed E-state index contributed by atoms with van der Waals surface area (Å²) in [6.07, 6.45) is 4.10. The van der Waals surface area contributed by atoms with Crippen molar-refractivity contribution in [2.45, 2.75) is 32.6 Å². The first-order valence-corrected chi connectivity index (χ1v) is 9.11. The molecule has 2 rings (SSSR count). The van der Waals surface area contributed by atoms with Crippen LogP contribution in [0.15, 0.2) is 28.7 Å². The van der Waals surface area contributed by atoms with E-state index in [9.17, 15) is 4.79 Å². The molecule has 0 saturated carbocycles. The van der Waals surface area contributed by atoms with Gasteiger partial charge in [0.15, 0.2) is 0 Å². The molecule has 1 aromatic carbocycles. The van der Waals surface area contributed by atoms with Crippen LogP contribution in [0.5, 0.6) is 0 Å². The third-order valence-corrected chi connectivity index (χ3v) is 5.03. The summed E-state index contributed by atoms with van der Waals surface area (Å²) < 4.78 is 1.08. The van der Waals surface area contributed by atoms with E-state index in [2.05, 4.69) is 45.2 Å². The van der Waals surface area contributed by atoms with Crippen molar-refractivity contribution in [1.82, 2.24) is 10.2 Å². The second-order valence-electron chi connectivity index (χ2n) is 6.29. The zero-order valence-electron chi connectivity index (χ0n) is 14.1. The van der Waals surface area contributed by atoms with Crippen molar-refractivity contribution in [3.8, 4) is 0 Å². The van der Waals surface area contributed by atoms with Crippen molar-refractivity contribution in [3.63, 3.8) is 0 Å². The van der Waals surface area contributed by atoms with Crippen LogP contribution >= 0.6 is 28.3 Å². The van der Waals surface area contributed by atoms with Crippen LogP contribution in [0.25, 0.3) is 0 Å². The molecule has 1 N–H and O–H groups in total. The molecule has 1 amide bonds. The Labute approximate surface area is 154 Å². The summed E-state index contributed by atoms with van der Waals surface area (Å²) in [4.78, 5) is 15.0. The van der Waals surface area contributed by atoms with Gasteiger partial charge in [0.2, 0.25) is 5.91 Å². The summed E-state index contributed by atoms with van der Waals surface area (Å²) in [6.45, 7) is 4.96. The van der Waals surface area contributed by atoms with Gasteiger partial charge in [0, 0.05) is 23.5 Å². The molecule has 0 spiro atoms. The SMILES string of the molecule is CCC(Cc1cccc(Br)c1)C(=O)N1CCCC(CNC)C1.Cl. The Morgan fingerprint density at radius 2 is 2.26 bits per heavy atom. The second kappa shape index (κ2) is 10.3. The highest BCUT2D eigenvalue weighted by Gasteiger charge is 2.27. The van der Waals surface area contributed by atoms with Gasteiger partial charge < -0.3 is 10.2 Å². The molecule has 0 aliphatic carbocycles. The smallest absolute Gasteiger partial charge is 0.226 e. The molecule has 1 aliphatic rings. The van der Waals surface area contributed by atoms with E-state index in [4.69, 9.17) is 0 Å². The third-order valence-electron chi connectivity index (χ3n) is 4.54. The van der Waals surface area contributed by atoms with Gasteiger partial charge in [-0.05, 0) is 62.9 Å². The number of carbonyl (C=O) groups is 1. The number of benzene rings is 1. The summed E-state index contributed by atoms with van der Waals surface area (Å²) in [6, 6.07) is 8.30. The lowest BCUT2D eigenvalue weighted by molar-refractivity contribution is -0.137. The highest BCUT2D eigenvalue weighted by atomic mass is 79.9. The summed E-state index contributed by atoms with van der Waals surface area (Å²) in [5.74, 6) is 1.04. The van der Waals surface area contributed by atoms with Crippen LogP contribution in [-0.4, -0.2) is 37.5 Å². The number of hydrogen-bond donors (Lipinski definition) is 1. The fourth-order valence-electron chi connectivity index (χ4n) is 3.33. The Balaban J connectivity index is 0.00000264. The molecular formula is C18H28BrClN2O. The van der Waals surface area contributed by atoms with Crippen molar-refractivity contribution < 1.29 is 4.79 Å². The average Bonchev–Trinajstić information content (AvgIpc) is 2.52. The number of nitrogens with one attached hydrogen (secondary N) is 1. The minimum absolute atomic E-state index is 0. The van der Waals surface area contributed by atoms with Gasteiger partial charge in [0.1, 0.15) is 0 Å². The molecule has 1 heterocycles. The van der Waals surface area contributed by atoms with Crippen LogP contribution in [-0.2, 0) is 11.2 Å². The average molecular weight is 404 g/mol. The number of piperidine rings is 1. The molecule has 130 valence electrons. The fraction of sp³-hybridized carbons (Fsp3) is 0.611. The zero-order chi connectivity index (χ0) is 15.9. The van der Waals surface area contributed by atoms with Crippen LogP contribution in [0, 0.1) is 11.8 Å². The maximum atomic E-state index is 12.9. The molecule has 2 unspecified atom stereocenters. The lowest BCUT2D eigenvalue weighted by Gasteiger charge is -2.35. The number of rotatable bonds is 6. The zero-order valence-corrected chi connectivity index (χ0v) is 16.5. The van der Waals surface area contributed by atoms with Crippen molar-refractivity contribution in [2.24, 2.45) is 11.8 Å². The molecule has 1 fully saturated rings. The van der Waals surface area contributed by atoms with E-state index in [-0.39, 0.29) is 18.3 Å². The Bertz CT molecular complexity index is 496. The lowest BCUT2D eigenvalue weighted by atomic mass is 9.92. The van der Waals surface area contributed by atoms with Gasteiger partial charge in [-0.2, -0.15) is 0 Å². The first kappa shape index (κ1) is 20.5. The Morgan fingerprint density at radius 3 is 2.91 bits per heavy atom. The predicted octanol–water partition coefficient (Wildman–Crippen LogP) is 3.90. The van der Waals surface area contributed by atoms with E-state index in [1.54, 1.807) is 0 Å². The fourth-order valence-corrected chi connectivity index (χ4v) is 3.78. The molecule has 5 heteroatoms. The van der Waals surface area contributed by atoms with E-state index in [0.717, 1.165) is 43.4 Å². The first-order chi connectivity index (χ1) is 10.6. The van der Waals surface area contributed by atoms with Gasteiger partial charge in [0.05, 0.1) is 0 Å². The summed E-state index contributed by atoms with van der Waals surface area (Å²) in [7, 11) is 1.99. The highest BCUT2D eigenvalue weighted by molar-refractivity contribution is 9.10. The molecule has 23 heavy (non-hydrogen) atoms. The molecule has 0 aromatic heterocycles. The largest absolute Gasteiger partial charge is 0.342 e. The minimum atomic E-state index is 0. The van der Waals surface area contributed by atoms with Gasteiger partial charge >= 0.3 is 0 Å². The predicted molar refractivity (Wildman–Crippen MR) is 102 cm³/mol. The highest BCUT2D eigenvalue weighted by Crippen LogP contribution is 2.22. The Hall–Kier alpha value is -0.580. The molecular weight excluding hydrogens is 376 g/mol. The third kappa shape index (κ3) is 6.09. The van der Waals surface area contributed by atoms with Crippen molar-refractivity contribution in [1.29, 1.82) is 0 Å². The van der Waals surface area contributed by atoms with Crippen LogP contribution in [0.2, 0.25) is 0 Å². The molecule has 1 saturated heterocycles. The monoisotopic (exact) mass is 402 g/mol. The number of hydrogen-bond acceptors (Lipinski definition) is 2. The van der Waals surface area contributed by atoms with Gasteiger partial charge in [-0.1, -0.05) is 35.0 Å². The van der Waals surface area contributed by atoms with E-state index in [1.165, 1.54) is 12.0 Å². The molecule has 2 atom stereocenters. The topological polar surface area (TPSA) is 32.3 Å². The molecule has 3 nitrogen and oxygen atoms in total. The van der Waals surface area contributed by atoms with E-state index >= 15 is 0 Å². The first-order valence-electron chi connectivity index (χ1n) is 8.31. The Kier molecular flexibility index (Phi) is 9.18. The van der Waals surface area contributed by atoms with Gasteiger partial charge in [-0.3, -0.25) is 4.79 Å². The quantitative estimate of drug-likeness (QED) is 0.781. The number of halogens is 2. The Morgan fingerprint density at radius 1 is 1.48 bits per heavy atom. The number of amides is 1. The van der Waals surface area contributed by atoms with E-state index in [1.807, 2.05) is 19.2 Å². The van der Waals surface area contributed by atoms with Crippen LogP contribution in [0.3, 0.4) is 0 Å². The summed E-state index contributed by atoms with van der Waals surface area (Å²) in [5, 5.41) is 3.24. The molecule has 0 bridgehead atoms. The maximum absolute atomic E-state index is 12.9. The van der Waals surface area contributed by atoms with Gasteiger partial charge in [-0.25, -0.2) is 0 Å². The van der Waals surface area contributed by atoms with Gasteiger partial charge in [0.25, 0.3) is 0 Å². The van der Waals surface area contributed by atoms with Crippen LogP contribution in [0.1, 0.15) is 31.7 Å². The number of likely N-dealkylation sites (tertiary alicyclic amines) is 1. The van der Waals surface area contributed by atoms with Crippen molar-refractivity contribution in [3.05, 3.63) is 34.3 Å². The van der Waals surface area contributed by atoms with Crippen molar-refractivity contribution in [2.75, 3.05) is 26.7 Å². The summed E-state index contributed by atoms with van der Waals surface area (Å²) in [5.41, 5.74) is 1.23. The minimum Gasteiger partial charge on any atom is -0.342 e. The number of carbonyl (C=O) groups excluding carboxylic acids is 1. The summed E-state index contributed by atoms with van der Waals surface area (Å²) >= 11 is 3.51. The molecule has 0 radical (unpaired) electrons. The normalized spacial score (nSPS) is 19.1. The second-order valence-corrected chi connectivity index (χ2v) is 7.21. The van der Waals surface area contributed by atoms with Crippen molar-refractivity contribution >= 4 is 34.2 Å². The molecule has 1 aromatic rings. The van der Waals surface area contributed by atoms with E-state index in [0.29, 0.717) is 11.8 Å². The maximum Gasteiger partial charge on any atom is 0.226 e. The standard InChI is InChI=1S/C18H27BrN2O.ClH/c1-3-16(10-14-6-4-8-17(19)11-14)18(22)21-9-5-7-15(13-21)12-20-2;/h4,6,8,11,15-16,20H,3,5,7,9-10,12-13H2,1-2H3;1H. The van der Waals surface area contributed by atoms with Gasteiger partial charge in [-0.15, -0.1) is 12.4 Å². The molecule has 1 aliphatic heterocycles. The van der Waals surface area contributed by atoms with E-state index < -0.39 is 0 Å². The van der Waals surface area contributed by atoms with Crippen LogP contribution < -0.4 is 5.32 Å².